The van der Waals surface area contributed by atoms with E-state index in [-0.39, 0.29) is 0 Å². The molecule has 0 spiro atoms. The lowest BCUT2D eigenvalue weighted by Crippen LogP contribution is -2.27. The number of hydrogen-bond donors (Lipinski definition) is 2. The van der Waals surface area contributed by atoms with Crippen LogP contribution < -0.4 is 11.1 Å². The minimum Gasteiger partial charge on any atom is -0.383 e. The van der Waals surface area contributed by atoms with Gasteiger partial charge in [0.15, 0.2) is 5.82 Å². The molecule has 2 aromatic rings. The number of nitrogens with one attached hydrogen (secondary N) is 1. The zero-order valence-electron chi connectivity index (χ0n) is 11.5. The molecule has 5 heteroatoms. The molecule has 0 saturated heterocycles. The van der Waals surface area contributed by atoms with Crippen LogP contribution in [0.2, 0.25) is 0 Å². The standard InChI is InChI=1S/C14H21N5/c1-11(2)12(8-15)9-16-13-4-5-14(17-10-13)19-7-3-6-18-19/h3-7,10-12,16H,8-9,15H2,1-2H3. The third-order valence-electron chi connectivity index (χ3n) is 3.30. The highest BCUT2D eigenvalue weighted by Crippen LogP contribution is 2.13. The van der Waals surface area contributed by atoms with Crippen LogP contribution in [0.15, 0.2) is 36.8 Å². The smallest absolute Gasteiger partial charge is 0.153 e. The van der Waals surface area contributed by atoms with Gasteiger partial charge in [0.05, 0.1) is 11.9 Å². The van der Waals surface area contributed by atoms with Crippen LogP contribution in [0.25, 0.3) is 5.82 Å². The largest absolute Gasteiger partial charge is 0.383 e. The molecule has 0 saturated carbocycles. The van der Waals surface area contributed by atoms with Gasteiger partial charge in [-0.2, -0.15) is 5.10 Å². The lowest BCUT2D eigenvalue weighted by molar-refractivity contribution is 0.413. The molecule has 0 amide bonds. The van der Waals surface area contributed by atoms with Gasteiger partial charge in [-0.05, 0) is 36.6 Å². The van der Waals surface area contributed by atoms with Crippen LogP contribution in [0, 0.1) is 11.8 Å². The zero-order valence-corrected chi connectivity index (χ0v) is 11.5. The molecule has 1 unspecified atom stereocenters. The predicted molar refractivity (Wildman–Crippen MR) is 77.2 cm³/mol. The first-order chi connectivity index (χ1) is 9.20. The SMILES string of the molecule is CC(C)C(CN)CNc1ccc(-n2cccn2)nc1. The van der Waals surface area contributed by atoms with Gasteiger partial charge >= 0.3 is 0 Å². The van der Waals surface area contributed by atoms with E-state index in [1.165, 1.54) is 0 Å². The van der Waals surface area contributed by atoms with Crippen molar-refractivity contribution in [3.63, 3.8) is 0 Å². The van der Waals surface area contributed by atoms with Crippen molar-refractivity contribution in [3.05, 3.63) is 36.8 Å². The third-order valence-corrected chi connectivity index (χ3v) is 3.30. The molecule has 0 fully saturated rings. The molecule has 0 bridgehead atoms. The monoisotopic (exact) mass is 259 g/mol. The van der Waals surface area contributed by atoms with Gasteiger partial charge in [-0.15, -0.1) is 0 Å². The Bertz CT molecular complexity index is 475. The highest BCUT2D eigenvalue weighted by atomic mass is 15.3. The van der Waals surface area contributed by atoms with Crippen molar-refractivity contribution < 1.29 is 0 Å². The van der Waals surface area contributed by atoms with Crippen molar-refractivity contribution in [2.75, 3.05) is 18.4 Å². The lowest BCUT2D eigenvalue weighted by atomic mass is 9.96. The average Bonchev–Trinajstić information content (AvgIpc) is 2.94. The molecule has 2 aromatic heterocycles. The summed E-state index contributed by atoms with van der Waals surface area (Å²) in [5.41, 5.74) is 6.77. The first-order valence-electron chi connectivity index (χ1n) is 6.60. The number of rotatable bonds is 6. The van der Waals surface area contributed by atoms with Crippen molar-refractivity contribution in [2.24, 2.45) is 17.6 Å². The van der Waals surface area contributed by atoms with Crippen LogP contribution in [0.1, 0.15) is 13.8 Å². The maximum atomic E-state index is 5.76. The molecular formula is C14H21N5. The fraction of sp³-hybridized carbons (Fsp3) is 0.429. The summed E-state index contributed by atoms with van der Waals surface area (Å²) in [7, 11) is 0. The first kappa shape index (κ1) is 13.5. The van der Waals surface area contributed by atoms with E-state index in [9.17, 15) is 0 Å². The van der Waals surface area contributed by atoms with Gasteiger partial charge in [0.25, 0.3) is 0 Å². The minimum atomic E-state index is 0.478. The van der Waals surface area contributed by atoms with Crippen molar-refractivity contribution in [2.45, 2.75) is 13.8 Å². The van der Waals surface area contributed by atoms with Crippen molar-refractivity contribution >= 4 is 5.69 Å². The fourth-order valence-corrected chi connectivity index (χ4v) is 1.87. The maximum absolute atomic E-state index is 5.76. The van der Waals surface area contributed by atoms with E-state index in [1.807, 2.05) is 30.6 Å². The van der Waals surface area contributed by atoms with E-state index >= 15 is 0 Å². The number of pyridine rings is 1. The van der Waals surface area contributed by atoms with Crippen molar-refractivity contribution in [1.29, 1.82) is 0 Å². The van der Waals surface area contributed by atoms with E-state index in [0.717, 1.165) is 18.1 Å². The topological polar surface area (TPSA) is 68.8 Å². The molecule has 0 aliphatic heterocycles. The molecule has 0 aliphatic carbocycles. The Hall–Kier alpha value is -1.88. The van der Waals surface area contributed by atoms with E-state index in [2.05, 4.69) is 29.2 Å². The summed E-state index contributed by atoms with van der Waals surface area (Å²) >= 11 is 0. The highest BCUT2D eigenvalue weighted by Gasteiger charge is 2.10. The zero-order chi connectivity index (χ0) is 13.7. The number of anilines is 1. The summed E-state index contributed by atoms with van der Waals surface area (Å²) in [6, 6.07) is 5.84. The molecule has 0 aromatic carbocycles. The van der Waals surface area contributed by atoms with Gasteiger partial charge in [0, 0.05) is 18.9 Å². The van der Waals surface area contributed by atoms with Gasteiger partial charge in [0.2, 0.25) is 0 Å². The Morgan fingerprint density at radius 2 is 2.21 bits per heavy atom. The molecule has 0 aliphatic rings. The molecule has 2 rings (SSSR count). The van der Waals surface area contributed by atoms with Gasteiger partial charge < -0.3 is 11.1 Å². The number of aromatic nitrogens is 3. The normalized spacial score (nSPS) is 12.6. The molecular weight excluding hydrogens is 238 g/mol. The summed E-state index contributed by atoms with van der Waals surface area (Å²) in [5, 5.41) is 7.52. The molecule has 102 valence electrons. The highest BCUT2D eigenvalue weighted by molar-refractivity contribution is 5.43. The molecule has 5 nitrogen and oxygen atoms in total. The third kappa shape index (κ3) is 3.54. The average molecular weight is 259 g/mol. The molecule has 3 N–H and O–H groups in total. The van der Waals surface area contributed by atoms with Crippen LogP contribution in [0.4, 0.5) is 5.69 Å². The second-order valence-corrected chi connectivity index (χ2v) is 4.98. The Morgan fingerprint density at radius 1 is 1.37 bits per heavy atom. The minimum absolute atomic E-state index is 0.478. The number of nitrogens with zero attached hydrogens (tertiary/aromatic N) is 3. The molecule has 0 radical (unpaired) electrons. The Kier molecular flexibility index (Phi) is 4.52. The van der Waals surface area contributed by atoms with E-state index in [1.54, 1.807) is 10.9 Å². The van der Waals surface area contributed by atoms with Gasteiger partial charge in [-0.1, -0.05) is 13.8 Å². The van der Waals surface area contributed by atoms with Crippen molar-refractivity contribution in [1.82, 2.24) is 14.8 Å². The Labute approximate surface area is 113 Å². The van der Waals surface area contributed by atoms with E-state index < -0.39 is 0 Å². The second kappa shape index (κ2) is 6.33. The number of nitrogens with two attached hydrogens (primary N) is 1. The Morgan fingerprint density at radius 3 is 2.74 bits per heavy atom. The summed E-state index contributed by atoms with van der Waals surface area (Å²) in [5.74, 6) is 1.87. The fourth-order valence-electron chi connectivity index (χ4n) is 1.87. The lowest BCUT2D eigenvalue weighted by Gasteiger charge is -2.19. The van der Waals surface area contributed by atoms with Crippen LogP contribution in [0.5, 0.6) is 0 Å². The van der Waals surface area contributed by atoms with Crippen LogP contribution in [-0.2, 0) is 0 Å². The van der Waals surface area contributed by atoms with E-state index in [0.29, 0.717) is 18.4 Å². The predicted octanol–water partition coefficient (Wildman–Crippen LogP) is 1.91. The summed E-state index contributed by atoms with van der Waals surface area (Å²) in [4.78, 5) is 4.38. The van der Waals surface area contributed by atoms with Gasteiger partial charge in [0.1, 0.15) is 0 Å². The van der Waals surface area contributed by atoms with Crippen LogP contribution in [0.3, 0.4) is 0 Å². The molecule has 19 heavy (non-hydrogen) atoms. The summed E-state index contributed by atoms with van der Waals surface area (Å²) < 4.78 is 1.74. The van der Waals surface area contributed by atoms with Crippen LogP contribution in [-0.4, -0.2) is 27.9 Å². The first-order valence-corrected chi connectivity index (χ1v) is 6.60. The summed E-state index contributed by atoms with van der Waals surface area (Å²) in [6.07, 6.45) is 5.44. The quantitative estimate of drug-likeness (QED) is 0.831. The van der Waals surface area contributed by atoms with E-state index in [4.69, 9.17) is 5.73 Å². The summed E-state index contributed by atoms with van der Waals surface area (Å²) in [6.45, 7) is 5.96. The maximum Gasteiger partial charge on any atom is 0.153 e. The molecule has 1 atom stereocenters. The molecule has 2 heterocycles. The second-order valence-electron chi connectivity index (χ2n) is 4.98. The van der Waals surface area contributed by atoms with Gasteiger partial charge in [-0.3, -0.25) is 0 Å². The van der Waals surface area contributed by atoms with Crippen molar-refractivity contribution in [3.8, 4) is 5.82 Å². The Balaban J connectivity index is 1.96. The van der Waals surface area contributed by atoms with Gasteiger partial charge in [-0.25, -0.2) is 9.67 Å². The number of hydrogen-bond acceptors (Lipinski definition) is 4. The van der Waals surface area contributed by atoms with Crippen LogP contribution >= 0.6 is 0 Å².